The van der Waals surface area contributed by atoms with Gasteiger partial charge in [0.1, 0.15) is 11.6 Å². The Kier molecular flexibility index (Phi) is 8.09. The van der Waals surface area contributed by atoms with Crippen LogP contribution in [0.3, 0.4) is 0 Å². The number of thiocarbonyl (C=S) groups is 1. The molecule has 3 aliphatic rings. The summed E-state index contributed by atoms with van der Waals surface area (Å²) in [5.74, 6) is 3.38. The van der Waals surface area contributed by atoms with Gasteiger partial charge in [-0.05, 0) is 87.7 Å². The number of hydrogen-bond acceptors (Lipinski definition) is 6. The van der Waals surface area contributed by atoms with E-state index in [-0.39, 0.29) is 0 Å². The molecule has 3 fully saturated rings. The van der Waals surface area contributed by atoms with E-state index in [1.165, 1.54) is 69.3 Å². The minimum Gasteiger partial charge on any atom is -0.372 e. The molecule has 36 heavy (non-hydrogen) atoms. The zero-order chi connectivity index (χ0) is 24.9. The molecule has 3 saturated heterocycles. The van der Waals surface area contributed by atoms with Crippen molar-refractivity contribution in [1.82, 2.24) is 15.3 Å². The summed E-state index contributed by atoms with van der Waals surface area (Å²) in [5, 5.41) is 7.19. The van der Waals surface area contributed by atoms with Crippen molar-refractivity contribution in [2.45, 2.75) is 71.4 Å². The monoisotopic (exact) mass is 507 g/mol. The Morgan fingerprint density at radius 1 is 0.861 bits per heavy atom. The maximum Gasteiger partial charge on any atom is 0.232 e. The van der Waals surface area contributed by atoms with E-state index in [1.54, 1.807) is 0 Å². The first-order chi connectivity index (χ1) is 17.5. The molecular weight excluding hydrogens is 466 g/mol. The molecular formula is C28H41N7S. The number of aromatic nitrogens is 2. The summed E-state index contributed by atoms with van der Waals surface area (Å²) in [6.45, 7) is 10.8. The quantitative estimate of drug-likeness (QED) is 0.519. The summed E-state index contributed by atoms with van der Waals surface area (Å²) in [5.41, 5.74) is 2.52. The van der Waals surface area contributed by atoms with Crippen molar-refractivity contribution in [2.75, 3.05) is 52.7 Å². The van der Waals surface area contributed by atoms with Gasteiger partial charge in [-0.25, -0.2) is 0 Å². The van der Waals surface area contributed by atoms with E-state index in [9.17, 15) is 0 Å². The van der Waals surface area contributed by atoms with Gasteiger partial charge in [-0.2, -0.15) is 9.97 Å². The normalized spacial score (nSPS) is 21.1. The van der Waals surface area contributed by atoms with Crippen molar-refractivity contribution in [1.29, 1.82) is 0 Å². The number of piperidine rings is 2. The van der Waals surface area contributed by atoms with Gasteiger partial charge in [-0.3, -0.25) is 0 Å². The largest absolute Gasteiger partial charge is 0.372 e. The summed E-state index contributed by atoms with van der Waals surface area (Å²) in [6, 6.07) is 11.5. The highest BCUT2D eigenvalue weighted by Gasteiger charge is 2.24. The van der Waals surface area contributed by atoms with E-state index in [2.05, 4.69) is 69.5 Å². The summed E-state index contributed by atoms with van der Waals surface area (Å²) in [4.78, 5) is 17.1. The molecule has 2 aromatic rings. The Bertz CT molecular complexity index is 1010. The van der Waals surface area contributed by atoms with E-state index >= 15 is 0 Å². The number of nitrogens with zero attached hydrogens (tertiary/aromatic N) is 5. The van der Waals surface area contributed by atoms with E-state index in [1.807, 2.05) is 0 Å². The summed E-state index contributed by atoms with van der Waals surface area (Å²) in [7, 11) is 0. The van der Waals surface area contributed by atoms with Gasteiger partial charge >= 0.3 is 0 Å². The maximum atomic E-state index is 5.65. The lowest BCUT2D eigenvalue weighted by molar-refractivity contribution is 0.436. The van der Waals surface area contributed by atoms with Crippen LogP contribution in [0.2, 0.25) is 0 Å². The van der Waals surface area contributed by atoms with Crippen LogP contribution in [0.1, 0.15) is 64.4 Å². The molecule has 1 aromatic carbocycles. The second kappa shape index (κ2) is 11.6. The van der Waals surface area contributed by atoms with Gasteiger partial charge in [0.25, 0.3) is 0 Å². The van der Waals surface area contributed by atoms with E-state index in [0.717, 1.165) is 37.2 Å². The van der Waals surface area contributed by atoms with Gasteiger partial charge in [-0.15, -0.1) is 0 Å². The molecule has 0 radical (unpaired) electrons. The first kappa shape index (κ1) is 25.1. The van der Waals surface area contributed by atoms with Gasteiger partial charge in [0.2, 0.25) is 5.95 Å². The van der Waals surface area contributed by atoms with Crippen LogP contribution in [0.25, 0.3) is 0 Å². The van der Waals surface area contributed by atoms with Crippen molar-refractivity contribution in [3.63, 3.8) is 0 Å². The van der Waals surface area contributed by atoms with Gasteiger partial charge < -0.3 is 25.3 Å². The zero-order valence-corrected chi connectivity index (χ0v) is 22.7. The molecule has 5 rings (SSSR count). The fraction of sp³-hybridized carbons (Fsp3) is 0.607. The van der Waals surface area contributed by atoms with E-state index in [4.69, 9.17) is 22.2 Å². The Balaban J connectivity index is 1.25. The molecule has 0 saturated carbocycles. The molecule has 4 heterocycles. The Hall–Kier alpha value is -2.61. The predicted molar refractivity (Wildman–Crippen MR) is 154 cm³/mol. The van der Waals surface area contributed by atoms with E-state index < -0.39 is 0 Å². The van der Waals surface area contributed by atoms with Crippen LogP contribution in [0.5, 0.6) is 0 Å². The average molecular weight is 508 g/mol. The van der Waals surface area contributed by atoms with Crippen LogP contribution in [0.15, 0.2) is 30.3 Å². The highest BCUT2D eigenvalue weighted by Crippen LogP contribution is 2.29. The third-order valence-corrected chi connectivity index (χ3v) is 8.24. The van der Waals surface area contributed by atoms with Gasteiger partial charge in [0, 0.05) is 57.1 Å². The third-order valence-electron chi connectivity index (χ3n) is 7.99. The fourth-order valence-corrected chi connectivity index (χ4v) is 5.75. The fourth-order valence-electron chi connectivity index (χ4n) is 5.59. The standard InChI is InChI=1S/C28H41N7S/c1-21-12-17-34(18-13-21)25-19-26(35-16-4-3-7-22(35)2)31-27(30-25)32-28(36)29-20-23-8-10-24(11-9-23)33-14-5-6-15-33/h8-11,19,21-22H,3-7,12-18,20H2,1-2H3,(H2,29,30,31,32,36)/t22-/m1/s1. The van der Waals surface area contributed by atoms with Crippen LogP contribution in [-0.2, 0) is 6.54 Å². The van der Waals surface area contributed by atoms with Crippen LogP contribution in [-0.4, -0.2) is 53.8 Å². The van der Waals surface area contributed by atoms with Crippen molar-refractivity contribution < 1.29 is 0 Å². The average Bonchev–Trinajstić information content (AvgIpc) is 3.43. The second-order valence-electron chi connectivity index (χ2n) is 10.8. The Morgan fingerprint density at radius 3 is 2.28 bits per heavy atom. The van der Waals surface area contributed by atoms with Crippen LogP contribution < -0.4 is 25.3 Å². The van der Waals surface area contributed by atoms with Gasteiger partial charge in [-0.1, -0.05) is 19.1 Å². The molecule has 0 bridgehead atoms. The molecule has 0 aliphatic carbocycles. The molecule has 0 amide bonds. The van der Waals surface area contributed by atoms with Crippen LogP contribution in [0.4, 0.5) is 23.3 Å². The Morgan fingerprint density at radius 2 is 1.56 bits per heavy atom. The smallest absolute Gasteiger partial charge is 0.232 e. The zero-order valence-electron chi connectivity index (χ0n) is 21.9. The van der Waals surface area contributed by atoms with Crippen LogP contribution in [0, 0.1) is 5.92 Å². The second-order valence-corrected chi connectivity index (χ2v) is 11.2. The molecule has 8 heteroatoms. The first-order valence-electron chi connectivity index (χ1n) is 13.8. The topological polar surface area (TPSA) is 59.6 Å². The molecule has 0 spiro atoms. The minimum absolute atomic E-state index is 0.490. The lowest BCUT2D eigenvalue weighted by Gasteiger charge is -2.36. The number of benzene rings is 1. The number of hydrogen-bond donors (Lipinski definition) is 2. The highest BCUT2D eigenvalue weighted by molar-refractivity contribution is 7.80. The molecule has 1 atom stereocenters. The summed E-state index contributed by atoms with van der Waals surface area (Å²) >= 11 is 5.65. The molecule has 194 valence electrons. The maximum absolute atomic E-state index is 5.65. The van der Waals surface area contributed by atoms with E-state index in [0.29, 0.717) is 23.6 Å². The molecule has 1 aromatic heterocycles. The molecule has 0 unspecified atom stereocenters. The highest BCUT2D eigenvalue weighted by atomic mass is 32.1. The van der Waals surface area contributed by atoms with Gasteiger partial charge in [0.05, 0.1) is 0 Å². The number of anilines is 4. The lowest BCUT2D eigenvalue weighted by Crippen LogP contribution is -2.39. The van der Waals surface area contributed by atoms with Crippen molar-refractivity contribution in [2.24, 2.45) is 5.92 Å². The van der Waals surface area contributed by atoms with Crippen molar-refractivity contribution in [3.8, 4) is 0 Å². The Labute approximate surface area is 221 Å². The SMILES string of the molecule is CC1CCN(c2cc(N3CCCC[C@H]3C)nc(NC(=S)NCc3ccc(N4CCCC4)cc3)n2)CC1. The number of nitrogens with one attached hydrogen (secondary N) is 2. The number of rotatable bonds is 6. The molecule has 3 aliphatic heterocycles. The lowest BCUT2D eigenvalue weighted by atomic mass is 9.99. The van der Waals surface area contributed by atoms with Crippen molar-refractivity contribution >= 4 is 40.6 Å². The van der Waals surface area contributed by atoms with Gasteiger partial charge in [0.15, 0.2) is 5.11 Å². The summed E-state index contributed by atoms with van der Waals surface area (Å²) < 4.78 is 0. The summed E-state index contributed by atoms with van der Waals surface area (Å²) in [6.07, 6.45) is 8.71. The molecule has 7 nitrogen and oxygen atoms in total. The minimum atomic E-state index is 0.490. The predicted octanol–water partition coefficient (Wildman–Crippen LogP) is 5.18. The molecule has 2 N–H and O–H groups in total. The van der Waals surface area contributed by atoms with Crippen molar-refractivity contribution in [3.05, 3.63) is 35.9 Å². The third kappa shape index (κ3) is 6.20. The first-order valence-corrected chi connectivity index (χ1v) is 14.3. The van der Waals surface area contributed by atoms with Crippen LogP contribution >= 0.6 is 12.2 Å².